The van der Waals surface area contributed by atoms with Crippen molar-refractivity contribution in [3.63, 3.8) is 0 Å². The molecule has 0 unspecified atom stereocenters. The number of aromatic nitrogens is 2. The Morgan fingerprint density at radius 2 is 2.05 bits per heavy atom. The third kappa shape index (κ3) is 2.45. The molecule has 0 fully saturated rings. The quantitative estimate of drug-likeness (QED) is 0.882. The van der Waals surface area contributed by atoms with Crippen LogP contribution in [0.5, 0.6) is 0 Å². The van der Waals surface area contributed by atoms with Crippen LogP contribution in [0.2, 0.25) is 0 Å². The van der Waals surface area contributed by atoms with E-state index < -0.39 is 0 Å². The Bertz CT molecular complexity index is 703. The van der Waals surface area contributed by atoms with Crippen molar-refractivity contribution in [2.24, 2.45) is 0 Å². The number of hydrogen-bond donors (Lipinski definition) is 1. The summed E-state index contributed by atoms with van der Waals surface area (Å²) in [5.74, 6) is 0.510. The topological polar surface area (TPSA) is 66.1 Å². The van der Waals surface area contributed by atoms with Crippen LogP contribution in [0, 0.1) is 6.92 Å². The van der Waals surface area contributed by atoms with Gasteiger partial charge in [-0.15, -0.1) is 22.9 Å². The molecule has 0 radical (unpaired) electrons. The van der Waals surface area contributed by atoms with Crippen LogP contribution in [0.1, 0.15) is 34.9 Å². The normalized spacial score (nSPS) is 11.0. The molecule has 1 N–H and O–H groups in total. The highest BCUT2D eigenvalue weighted by molar-refractivity contribution is 7.20. The zero-order valence-corrected chi connectivity index (χ0v) is 13.2. The Hall–Kier alpha value is -1.40. The van der Waals surface area contributed by atoms with Crippen molar-refractivity contribution in [2.45, 2.75) is 26.7 Å². The second-order valence-electron chi connectivity index (χ2n) is 4.36. The fraction of sp³-hybridized carbons (Fsp3) is 0.462. The molecule has 2 heterocycles. The molecule has 0 bridgehead atoms. The van der Waals surface area contributed by atoms with Gasteiger partial charge in [-0.3, -0.25) is 9.59 Å². The lowest BCUT2D eigenvalue weighted by atomic mass is 10.2. The fourth-order valence-electron chi connectivity index (χ4n) is 2.11. The van der Waals surface area contributed by atoms with Gasteiger partial charge in [0.2, 0.25) is 0 Å². The average molecular weight is 314 g/mol. The summed E-state index contributed by atoms with van der Waals surface area (Å²) < 4.78 is 0. The number of thiophene rings is 1. The van der Waals surface area contributed by atoms with E-state index in [1.807, 2.05) is 13.8 Å². The van der Waals surface area contributed by atoms with Gasteiger partial charge in [0.15, 0.2) is 0 Å². The number of nitrogens with one attached hydrogen (secondary N) is 1. The first-order valence-corrected chi connectivity index (χ1v) is 7.76. The molecule has 2 aromatic heterocycles. The lowest BCUT2D eigenvalue weighted by Gasteiger charge is -2.17. The molecular formula is C13H16ClN3O2S. The van der Waals surface area contributed by atoms with Gasteiger partial charge in [0.25, 0.3) is 11.5 Å². The molecular weight excluding hydrogens is 298 g/mol. The van der Waals surface area contributed by atoms with Crippen LogP contribution in [0.25, 0.3) is 10.2 Å². The van der Waals surface area contributed by atoms with Crippen molar-refractivity contribution in [3.8, 4) is 0 Å². The van der Waals surface area contributed by atoms with Crippen molar-refractivity contribution in [1.29, 1.82) is 0 Å². The number of aryl methyl sites for hydroxylation is 1. The number of rotatable bonds is 4. The molecule has 5 nitrogen and oxygen atoms in total. The zero-order valence-electron chi connectivity index (χ0n) is 11.6. The van der Waals surface area contributed by atoms with Gasteiger partial charge in [-0.2, -0.15) is 0 Å². The number of carbonyl (C=O) groups excluding carboxylic acids is 1. The standard InChI is InChI=1S/C13H16ClN3O2S/c1-4-17(5-2)13(19)10-7(3)9-11(18)15-8(6-14)16-12(9)20-10/h4-6H2,1-3H3,(H,15,16,18). The van der Waals surface area contributed by atoms with Gasteiger partial charge in [0, 0.05) is 13.1 Å². The van der Waals surface area contributed by atoms with E-state index in [9.17, 15) is 9.59 Å². The summed E-state index contributed by atoms with van der Waals surface area (Å²) in [6.45, 7) is 6.92. The maximum Gasteiger partial charge on any atom is 0.264 e. The van der Waals surface area contributed by atoms with Crippen molar-refractivity contribution in [1.82, 2.24) is 14.9 Å². The summed E-state index contributed by atoms with van der Waals surface area (Å²) in [5.41, 5.74) is 0.453. The Kier molecular flexibility index (Phi) is 4.45. The Labute approximate surface area is 125 Å². The number of nitrogens with zero attached hydrogens (tertiary/aromatic N) is 2. The van der Waals surface area contributed by atoms with E-state index in [-0.39, 0.29) is 17.3 Å². The number of amides is 1. The first-order chi connectivity index (χ1) is 9.53. The largest absolute Gasteiger partial charge is 0.338 e. The number of halogens is 1. The molecule has 7 heteroatoms. The maximum absolute atomic E-state index is 12.4. The van der Waals surface area contributed by atoms with Crippen molar-refractivity contribution >= 4 is 39.1 Å². The van der Waals surface area contributed by atoms with Crippen molar-refractivity contribution in [2.75, 3.05) is 13.1 Å². The van der Waals surface area contributed by atoms with Gasteiger partial charge >= 0.3 is 0 Å². The van der Waals surface area contributed by atoms with Crippen molar-refractivity contribution in [3.05, 3.63) is 26.6 Å². The first-order valence-electron chi connectivity index (χ1n) is 6.40. The molecule has 0 saturated heterocycles. The lowest BCUT2D eigenvalue weighted by Crippen LogP contribution is -2.30. The molecule has 2 rings (SSSR count). The minimum absolute atomic E-state index is 0.0534. The van der Waals surface area contributed by atoms with Crippen LogP contribution in [0.4, 0.5) is 0 Å². The number of aromatic amines is 1. The molecule has 0 aliphatic rings. The first kappa shape index (κ1) is 15.0. The highest BCUT2D eigenvalue weighted by Crippen LogP contribution is 2.28. The monoisotopic (exact) mass is 313 g/mol. The Morgan fingerprint density at radius 1 is 1.40 bits per heavy atom. The Balaban J connectivity index is 2.62. The van der Waals surface area contributed by atoms with E-state index in [1.165, 1.54) is 11.3 Å². The molecule has 1 amide bonds. The summed E-state index contributed by atoms with van der Waals surface area (Å²) in [7, 11) is 0. The van der Waals surface area contributed by atoms with Gasteiger partial charge in [-0.25, -0.2) is 4.98 Å². The van der Waals surface area contributed by atoms with Gasteiger partial charge < -0.3 is 9.88 Å². The van der Waals surface area contributed by atoms with Crippen LogP contribution in [0.15, 0.2) is 4.79 Å². The van der Waals surface area contributed by atoms with E-state index in [2.05, 4.69) is 9.97 Å². The molecule has 108 valence electrons. The predicted molar refractivity (Wildman–Crippen MR) is 81.8 cm³/mol. The molecule has 0 aliphatic heterocycles. The number of H-pyrrole nitrogens is 1. The summed E-state index contributed by atoms with van der Waals surface area (Å²) in [6, 6.07) is 0. The Morgan fingerprint density at radius 3 is 2.60 bits per heavy atom. The SMILES string of the molecule is CCN(CC)C(=O)c1sc2nc(CCl)[nH]c(=O)c2c1C. The average Bonchev–Trinajstić information content (AvgIpc) is 2.77. The second-order valence-corrected chi connectivity index (χ2v) is 5.63. The number of carbonyl (C=O) groups is 1. The van der Waals surface area contributed by atoms with E-state index in [4.69, 9.17) is 11.6 Å². The molecule has 0 aromatic carbocycles. The lowest BCUT2D eigenvalue weighted by molar-refractivity contribution is 0.0777. The maximum atomic E-state index is 12.4. The second kappa shape index (κ2) is 5.93. The highest BCUT2D eigenvalue weighted by atomic mass is 35.5. The van der Waals surface area contributed by atoms with E-state index in [0.717, 1.165) is 0 Å². The third-order valence-corrected chi connectivity index (χ3v) is 4.65. The predicted octanol–water partition coefficient (Wildman–Crippen LogP) is 2.51. The van der Waals surface area contributed by atoms with Gasteiger partial charge in [0.1, 0.15) is 10.7 Å². The van der Waals surface area contributed by atoms with Crippen LogP contribution in [-0.4, -0.2) is 33.9 Å². The van der Waals surface area contributed by atoms with Crippen LogP contribution >= 0.6 is 22.9 Å². The highest BCUT2D eigenvalue weighted by Gasteiger charge is 2.22. The minimum atomic E-state index is -0.238. The number of fused-ring (bicyclic) bond motifs is 1. The molecule has 20 heavy (non-hydrogen) atoms. The van der Waals surface area contributed by atoms with Crippen LogP contribution < -0.4 is 5.56 Å². The van der Waals surface area contributed by atoms with Crippen molar-refractivity contribution < 1.29 is 4.79 Å². The summed E-state index contributed by atoms with van der Waals surface area (Å²) in [6.07, 6.45) is 0. The van der Waals surface area contributed by atoms with Gasteiger partial charge in [0.05, 0.1) is 16.1 Å². The van der Waals surface area contributed by atoms with E-state index >= 15 is 0 Å². The summed E-state index contributed by atoms with van der Waals surface area (Å²) in [5, 5.41) is 0.486. The molecule has 0 atom stereocenters. The number of alkyl halides is 1. The zero-order chi connectivity index (χ0) is 14.9. The molecule has 0 aliphatic carbocycles. The van der Waals surface area contributed by atoms with Crippen LogP contribution in [-0.2, 0) is 5.88 Å². The van der Waals surface area contributed by atoms with Crippen LogP contribution in [0.3, 0.4) is 0 Å². The van der Waals surface area contributed by atoms with Gasteiger partial charge in [-0.1, -0.05) is 0 Å². The smallest absolute Gasteiger partial charge is 0.264 e. The third-order valence-electron chi connectivity index (χ3n) is 3.22. The van der Waals surface area contributed by atoms with Gasteiger partial charge in [-0.05, 0) is 26.3 Å². The minimum Gasteiger partial charge on any atom is -0.338 e. The fourth-order valence-corrected chi connectivity index (χ4v) is 3.41. The molecule has 0 spiro atoms. The summed E-state index contributed by atoms with van der Waals surface area (Å²) >= 11 is 6.95. The van der Waals surface area contributed by atoms with E-state index in [0.29, 0.717) is 39.6 Å². The summed E-state index contributed by atoms with van der Waals surface area (Å²) in [4.78, 5) is 34.3. The van der Waals surface area contributed by atoms with E-state index in [1.54, 1.807) is 11.8 Å². The number of hydrogen-bond acceptors (Lipinski definition) is 4. The molecule has 2 aromatic rings. The molecule has 0 saturated carbocycles.